The maximum atomic E-state index is 5.60. The summed E-state index contributed by atoms with van der Waals surface area (Å²) < 4.78 is 0. The number of halogens is 1. The molecule has 1 aliphatic heterocycles. The van der Waals surface area contributed by atoms with Crippen LogP contribution in [0.2, 0.25) is 0 Å². The van der Waals surface area contributed by atoms with E-state index < -0.39 is 0 Å². The van der Waals surface area contributed by atoms with Crippen LogP contribution in [0.3, 0.4) is 0 Å². The van der Waals surface area contributed by atoms with Gasteiger partial charge in [-0.25, -0.2) is 0 Å². The maximum absolute atomic E-state index is 5.60. The van der Waals surface area contributed by atoms with Crippen molar-refractivity contribution in [1.82, 2.24) is 0 Å². The zero-order chi connectivity index (χ0) is 6.69. The molecule has 3 N–H and O–H groups in total. The Morgan fingerprint density at radius 3 is 3.00 bits per heavy atom. The van der Waals surface area contributed by atoms with Gasteiger partial charge in [-0.05, 0) is 18.8 Å². The standard InChI is InChI=1S/C7H14N2.ClH/c1-6-3-2-4-7(8)9-5-6;/h6H,2-5H2,1H3,(H2,8,9);1H/t6-;/m1./s1. The van der Waals surface area contributed by atoms with Gasteiger partial charge in [0, 0.05) is 6.42 Å². The molecule has 0 aromatic carbocycles. The lowest BCUT2D eigenvalue weighted by Gasteiger charge is -1.99. The molecule has 0 aliphatic carbocycles. The summed E-state index contributed by atoms with van der Waals surface area (Å²) in [5.74, 6) is 1.77. The van der Waals surface area contributed by atoms with E-state index in [-0.39, 0.29) is 12.4 Å². The fourth-order valence-corrected chi connectivity index (χ4v) is 1.14. The average Bonchev–Trinajstić information content (AvgIpc) is 1.97. The molecule has 10 heavy (non-hydrogen) atoms. The number of nitrogens with one attached hydrogen (secondary N) is 1. The predicted molar refractivity (Wildman–Crippen MR) is 38.0 cm³/mol. The summed E-state index contributed by atoms with van der Waals surface area (Å²) in [6.45, 7) is 3.32. The van der Waals surface area contributed by atoms with Gasteiger partial charge in [0.25, 0.3) is 0 Å². The predicted octanol–water partition coefficient (Wildman–Crippen LogP) is -3.75. The van der Waals surface area contributed by atoms with Gasteiger partial charge in [-0.15, -0.1) is 0 Å². The zero-order valence-electron chi connectivity index (χ0n) is 6.36. The molecule has 0 bridgehead atoms. The molecular formula is C7H15ClN2. The normalized spacial score (nSPS) is 26.1. The Labute approximate surface area is 68.3 Å². The summed E-state index contributed by atoms with van der Waals surface area (Å²) in [6.07, 6.45) is 3.62. The van der Waals surface area contributed by atoms with Crippen molar-refractivity contribution in [2.75, 3.05) is 6.54 Å². The van der Waals surface area contributed by atoms with Crippen molar-refractivity contribution in [3.05, 3.63) is 0 Å². The van der Waals surface area contributed by atoms with Crippen molar-refractivity contribution in [2.24, 2.45) is 11.7 Å². The van der Waals surface area contributed by atoms with Crippen LogP contribution in [-0.2, 0) is 0 Å². The van der Waals surface area contributed by atoms with E-state index in [1.807, 2.05) is 0 Å². The van der Waals surface area contributed by atoms with Crippen molar-refractivity contribution in [3.8, 4) is 0 Å². The highest BCUT2D eigenvalue weighted by atomic mass is 35.5. The fraction of sp³-hybridized carbons (Fsp3) is 0.857. The van der Waals surface area contributed by atoms with Crippen LogP contribution in [0, 0.1) is 5.92 Å². The fourth-order valence-electron chi connectivity index (χ4n) is 1.14. The number of nitrogens with two attached hydrogens (primary N) is 1. The summed E-state index contributed by atoms with van der Waals surface area (Å²) in [7, 11) is 0. The van der Waals surface area contributed by atoms with Crippen molar-refractivity contribution in [2.45, 2.75) is 26.2 Å². The quantitative estimate of drug-likeness (QED) is 0.378. The van der Waals surface area contributed by atoms with E-state index in [9.17, 15) is 0 Å². The minimum atomic E-state index is 0. The van der Waals surface area contributed by atoms with Gasteiger partial charge in [0.1, 0.15) is 0 Å². The number of hydrogen-bond donors (Lipinski definition) is 2. The van der Waals surface area contributed by atoms with E-state index in [1.54, 1.807) is 0 Å². The molecule has 0 amide bonds. The van der Waals surface area contributed by atoms with Crippen LogP contribution in [0.5, 0.6) is 0 Å². The second-order valence-electron chi connectivity index (χ2n) is 2.90. The van der Waals surface area contributed by atoms with E-state index in [0.29, 0.717) is 0 Å². The molecule has 1 heterocycles. The van der Waals surface area contributed by atoms with Crippen LogP contribution >= 0.6 is 0 Å². The molecule has 1 rings (SSSR count). The molecule has 0 unspecified atom stereocenters. The molecule has 1 aliphatic rings. The molecular weight excluding hydrogens is 148 g/mol. The first-order valence-electron chi connectivity index (χ1n) is 3.64. The summed E-state index contributed by atoms with van der Waals surface area (Å²) >= 11 is 0. The van der Waals surface area contributed by atoms with Gasteiger partial charge < -0.3 is 12.4 Å². The van der Waals surface area contributed by atoms with Crippen molar-refractivity contribution in [3.63, 3.8) is 0 Å². The van der Waals surface area contributed by atoms with Crippen LogP contribution in [0.1, 0.15) is 26.2 Å². The van der Waals surface area contributed by atoms with Gasteiger partial charge >= 0.3 is 0 Å². The molecule has 0 fully saturated rings. The van der Waals surface area contributed by atoms with Crippen molar-refractivity contribution in [1.29, 1.82) is 0 Å². The van der Waals surface area contributed by atoms with Crippen molar-refractivity contribution < 1.29 is 17.4 Å². The highest BCUT2D eigenvalue weighted by Crippen LogP contribution is 2.05. The molecule has 3 heteroatoms. The Kier molecular flexibility index (Phi) is 4.45. The number of amidine groups is 1. The van der Waals surface area contributed by atoms with Gasteiger partial charge in [-0.2, -0.15) is 0 Å². The van der Waals surface area contributed by atoms with Crippen LogP contribution in [-0.4, -0.2) is 12.4 Å². The highest BCUT2D eigenvalue weighted by molar-refractivity contribution is 5.74. The summed E-state index contributed by atoms with van der Waals surface area (Å²) in [5.41, 5.74) is 5.60. The summed E-state index contributed by atoms with van der Waals surface area (Å²) in [6, 6.07) is 0. The lowest BCUT2D eigenvalue weighted by Crippen LogP contribution is -3.00. The molecule has 0 saturated carbocycles. The summed E-state index contributed by atoms with van der Waals surface area (Å²) in [4.78, 5) is 3.19. The van der Waals surface area contributed by atoms with Crippen LogP contribution < -0.4 is 23.1 Å². The lowest BCUT2D eigenvalue weighted by atomic mass is 10.1. The minimum Gasteiger partial charge on any atom is -1.00 e. The zero-order valence-corrected chi connectivity index (χ0v) is 7.12. The smallest absolute Gasteiger partial charge is 0.240 e. The molecule has 0 radical (unpaired) electrons. The molecule has 2 nitrogen and oxygen atoms in total. The second kappa shape index (κ2) is 4.56. The van der Waals surface area contributed by atoms with Crippen LogP contribution in [0.4, 0.5) is 0 Å². The Morgan fingerprint density at radius 1 is 1.60 bits per heavy atom. The Bertz CT molecular complexity index is 123. The van der Waals surface area contributed by atoms with Crippen LogP contribution in [0.25, 0.3) is 0 Å². The van der Waals surface area contributed by atoms with Gasteiger partial charge in [0.2, 0.25) is 5.84 Å². The highest BCUT2D eigenvalue weighted by Gasteiger charge is 2.09. The molecule has 1 atom stereocenters. The SMILES string of the molecule is C[C@@H]1CCCC(N)=[NH+]C1.[Cl-]. The first-order valence-corrected chi connectivity index (χ1v) is 3.64. The van der Waals surface area contributed by atoms with E-state index >= 15 is 0 Å². The first kappa shape index (κ1) is 9.76. The van der Waals surface area contributed by atoms with Gasteiger partial charge in [0.05, 0.1) is 6.54 Å². The third-order valence-corrected chi connectivity index (χ3v) is 1.82. The topological polar surface area (TPSA) is 40.0 Å². The van der Waals surface area contributed by atoms with E-state index in [4.69, 9.17) is 5.73 Å². The summed E-state index contributed by atoms with van der Waals surface area (Å²) in [5, 5.41) is 0. The third kappa shape index (κ3) is 3.06. The number of rotatable bonds is 0. The van der Waals surface area contributed by atoms with Crippen molar-refractivity contribution >= 4 is 5.84 Å². The maximum Gasteiger partial charge on any atom is 0.240 e. The average molecular weight is 163 g/mol. The van der Waals surface area contributed by atoms with E-state index in [2.05, 4.69) is 11.9 Å². The second-order valence-corrected chi connectivity index (χ2v) is 2.90. The first-order chi connectivity index (χ1) is 4.29. The van der Waals surface area contributed by atoms with Gasteiger partial charge in [-0.1, -0.05) is 6.92 Å². The Hall–Kier alpha value is -0.240. The molecule has 0 saturated heterocycles. The molecule has 0 spiro atoms. The van der Waals surface area contributed by atoms with Crippen LogP contribution in [0.15, 0.2) is 0 Å². The van der Waals surface area contributed by atoms with E-state index in [1.165, 1.54) is 12.8 Å². The lowest BCUT2D eigenvalue weighted by molar-refractivity contribution is -0.466. The largest absolute Gasteiger partial charge is 1.00 e. The van der Waals surface area contributed by atoms with Gasteiger partial charge in [-0.3, -0.25) is 10.7 Å². The van der Waals surface area contributed by atoms with Gasteiger partial charge in [0.15, 0.2) is 0 Å². The Morgan fingerprint density at radius 2 is 2.30 bits per heavy atom. The number of hydrogen-bond acceptors (Lipinski definition) is 1. The third-order valence-electron chi connectivity index (χ3n) is 1.82. The van der Waals surface area contributed by atoms with E-state index in [0.717, 1.165) is 24.7 Å². The molecule has 0 aromatic heterocycles. The minimum absolute atomic E-state index is 0. The monoisotopic (exact) mass is 162 g/mol. The molecule has 0 aromatic rings. The Balaban J connectivity index is 0.000000810. The molecule has 60 valence electrons.